The Kier molecular flexibility index (Phi) is 4.17. The van der Waals surface area contributed by atoms with E-state index in [0.717, 1.165) is 11.2 Å². The molecule has 21 heavy (non-hydrogen) atoms. The molecule has 0 aromatic heterocycles. The van der Waals surface area contributed by atoms with Crippen molar-refractivity contribution in [1.82, 2.24) is 10.2 Å². The predicted octanol–water partition coefficient (Wildman–Crippen LogP) is 0.409. The summed E-state index contributed by atoms with van der Waals surface area (Å²) in [5.41, 5.74) is 0. The monoisotopic (exact) mass is 312 g/mol. The number of carbonyl (C=O) groups excluding carboxylic acids is 2. The molecule has 0 unspecified atom stereocenters. The molecule has 1 aromatic carbocycles. The van der Waals surface area contributed by atoms with Crippen LogP contribution in [0.25, 0.3) is 0 Å². The number of amides is 3. The molecule has 0 radical (unpaired) electrons. The van der Waals surface area contributed by atoms with Crippen LogP contribution in [0.1, 0.15) is 6.92 Å². The molecule has 8 heteroatoms. The molecule has 1 atom stereocenters. The van der Waals surface area contributed by atoms with E-state index < -0.39 is 27.9 Å². The van der Waals surface area contributed by atoms with Crippen molar-refractivity contribution in [3.63, 3.8) is 0 Å². The van der Waals surface area contributed by atoms with Gasteiger partial charge in [0.25, 0.3) is 5.91 Å². The number of benzene rings is 1. The van der Waals surface area contributed by atoms with Gasteiger partial charge in [-0.05, 0) is 31.2 Å². The first-order chi connectivity index (χ1) is 9.79. The highest BCUT2D eigenvalue weighted by Gasteiger charge is 2.30. The largest absolute Gasteiger partial charge is 0.481 e. The number of sulfone groups is 1. The van der Waals surface area contributed by atoms with Crippen molar-refractivity contribution in [3.8, 4) is 5.75 Å². The van der Waals surface area contributed by atoms with E-state index in [4.69, 9.17) is 4.74 Å². The Hall–Kier alpha value is -2.09. The van der Waals surface area contributed by atoms with E-state index in [1.807, 2.05) is 0 Å². The van der Waals surface area contributed by atoms with Gasteiger partial charge in [0.15, 0.2) is 15.9 Å². The van der Waals surface area contributed by atoms with Gasteiger partial charge in [-0.15, -0.1) is 0 Å². The average Bonchev–Trinajstić information content (AvgIpc) is 2.83. The van der Waals surface area contributed by atoms with Crippen LogP contribution in [0, 0.1) is 0 Å². The Morgan fingerprint density at radius 1 is 1.33 bits per heavy atom. The molecule has 7 nitrogen and oxygen atoms in total. The van der Waals surface area contributed by atoms with E-state index in [1.54, 1.807) is 6.92 Å². The topological polar surface area (TPSA) is 92.8 Å². The summed E-state index contributed by atoms with van der Waals surface area (Å²) in [6, 6.07) is 5.34. The Morgan fingerprint density at radius 2 is 1.95 bits per heavy atom. The van der Waals surface area contributed by atoms with E-state index in [9.17, 15) is 18.0 Å². The lowest BCUT2D eigenvalue weighted by Gasteiger charge is -2.19. The SMILES string of the molecule is C[C@H](Oc1ccc(S(C)(=O)=O)cc1)C(=O)N1CCNC1=O. The number of hydrogen-bond donors (Lipinski definition) is 1. The minimum atomic E-state index is -3.27. The third-order valence-electron chi connectivity index (χ3n) is 3.04. The maximum absolute atomic E-state index is 12.0. The number of carbonyl (C=O) groups is 2. The minimum Gasteiger partial charge on any atom is -0.481 e. The van der Waals surface area contributed by atoms with E-state index in [1.165, 1.54) is 24.3 Å². The molecule has 1 fully saturated rings. The number of nitrogens with zero attached hydrogens (tertiary/aromatic N) is 1. The van der Waals surface area contributed by atoms with E-state index >= 15 is 0 Å². The lowest BCUT2D eigenvalue weighted by molar-refractivity contribution is -0.134. The first-order valence-corrected chi connectivity index (χ1v) is 8.24. The number of rotatable bonds is 4. The van der Waals surface area contributed by atoms with E-state index in [0.29, 0.717) is 18.8 Å². The van der Waals surface area contributed by atoms with Crippen LogP contribution in [-0.2, 0) is 14.6 Å². The molecule has 1 aliphatic rings. The second-order valence-electron chi connectivity index (χ2n) is 4.73. The van der Waals surface area contributed by atoms with E-state index in [-0.39, 0.29) is 4.90 Å². The molecular formula is C13H16N2O5S. The van der Waals surface area contributed by atoms with Crippen molar-refractivity contribution in [2.75, 3.05) is 19.3 Å². The number of nitrogens with one attached hydrogen (secondary N) is 1. The van der Waals surface area contributed by atoms with Gasteiger partial charge in [-0.25, -0.2) is 13.2 Å². The van der Waals surface area contributed by atoms with Gasteiger partial charge >= 0.3 is 6.03 Å². The Balaban J connectivity index is 2.04. The third-order valence-corrected chi connectivity index (χ3v) is 4.16. The maximum Gasteiger partial charge on any atom is 0.324 e. The zero-order valence-electron chi connectivity index (χ0n) is 11.7. The van der Waals surface area contributed by atoms with Crippen LogP contribution in [-0.4, -0.2) is 50.7 Å². The van der Waals surface area contributed by atoms with Crippen LogP contribution >= 0.6 is 0 Å². The molecule has 2 rings (SSSR count). The quantitative estimate of drug-likeness (QED) is 0.869. The zero-order chi connectivity index (χ0) is 15.6. The van der Waals surface area contributed by atoms with Gasteiger partial charge in [-0.3, -0.25) is 9.69 Å². The summed E-state index contributed by atoms with van der Waals surface area (Å²) in [6.07, 6.45) is 0.277. The smallest absolute Gasteiger partial charge is 0.324 e. The van der Waals surface area contributed by atoms with Crippen molar-refractivity contribution in [3.05, 3.63) is 24.3 Å². The Morgan fingerprint density at radius 3 is 2.43 bits per heavy atom. The van der Waals surface area contributed by atoms with Gasteiger partial charge in [0, 0.05) is 19.3 Å². The lowest BCUT2D eigenvalue weighted by Crippen LogP contribution is -2.42. The number of urea groups is 1. The number of ether oxygens (including phenoxy) is 1. The summed E-state index contributed by atoms with van der Waals surface area (Å²) >= 11 is 0. The standard InChI is InChI=1S/C13H16N2O5S/c1-9(12(16)15-8-7-14-13(15)17)20-10-3-5-11(6-4-10)21(2,18)19/h3-6,9H,7-8H2,1-2H3,(H,14,17)/t9-/m0/s1. The molecule has 1 heterocycles. The summed E-state index contributed by atoms with van der Waals surface area (Å²) in [5, 5.41) is 2.54. The van der Waals surface area contributed by atoms with Crippen LogP contribution in [0.5, 0.6) is 5.75 Å². The Bertz CT molecular complexity index is 654. The molecule has 0 saturated carbocycles. The first kappa shape index (κ1) is 15.3. The van der Waals surface area contributed by atoms with Crippen molar-refractivity contribution in [2.24, 2.45) is 0 Å². The van der Waals surface area contributed by atoms with Crippen LogP contribution in [0.4, 0.5) is 4.79 Å². The molecule has 0 aliphatic carbocycles. The highest BCUT2D eigenvalue weighted by Crippen LogP contribution is 2.17. The van der Waals surface area contributed by atoms with Crippen molar-refractivity contribution in [1.29, 1.82) is 0 Å². The molecule has 114 valence electrons. The van der Waals surface area contributed by atoms with Crippen LogP contribution < -0.4 is 10.1 Å². The third kappa shape index (κ3) is 3.52. The van der Waals surface area contributed by atoms with Crippen LogP contribution in [0.3, 0.4) is 0 Å². The number of imide groups is 1. The molecule has 1 N–H and O–H groups in total. The van der Waals surface area contributed by atoms with E-state index in [2.05, 4.69) is 5.32 Å². The molecule has 0 bridgehead atoms. The lowest BCUT2D eigenvalue weighted by atomic mass is 10.3. The highest BCUT2D eigenvalue weighted by molar-refractivity contribution is 7.90. The number of hydrogen-bond acceptors (Lipinski definition) is 5. The fourth-order valence-electron chi connectivity index (χ4n) is 1.92. The molecule has 1 aliphatic heterocycles. The maximum atomic E-state index is 12.0. The fraction of sp³-hybridized carbons (Fsp3) is 0.385. The molecular weight excluding hydrogens is 296 g/mol. The highest BCUT2D eigenvalue weighted by atomic mass is 32.2. The normalized spacial score (nSPS) is 16.5. The summed E-state index contributed by atoms with van der Waals surface area (Å²) < 4.78 is 28.1. The summed E-state index contributed by atoms with van der Waals surface area (Å²) in [6.45, 7) is 2.29. The Labute approximate surface area is 122 Å². The molecule has 1 aromatic rings. The van der Waals surface area contributed by atoms with Gasteiger partial charge < -0.3 is 10.1 Å². The second-order valence-corrected chi connectivity index (χ2v) is 6.74. The second kappa shape index (κ2) is 5.72. The van der Waals surface area contributed by atoms with Gasteiger partial charge in [-0.1, -0.05) is 0 Å². The van der Waals surface area contributed by atoms with Crippen LogP contribution in [0.2, 0.25) is 0 Å². The van der Waals surface area contributed by atoms with Crippen molar-refractivity contribution >= 4 is 21.8 Å². The molecule has 1 saturated heterocycles. The summed E-state index contributed by atoms with van der Waals surface area (Å²) in [4.78, 5) is 24.7. The predicted molar refractivity (Wildman–Crippen MR) is 74.8 cm³/mol. The van der Waals surface area contributed by atoms with Gasteiger partial charge in [0.05, 0.1) is 4.90 Å². The first-order valence-electron chi connectivity index (χ1n) is 6.35. The summed E-state index contributed by atoms with van der Waals surface area (Å²) in [7, 11) is -3.27. The molecule has 0 spiro atoms. The van der Waals surface area contributed by atoms with Crippen molar-refractivity contribution < 1.29 is 22.7 Å². The van der Waals surface area contributed by atoms with Gasteiger partial charge in [0.2, 0.25) is 0 Å². The van der Waals surface area contributed by atoms with Crippen molar-refractivity contribution in [2.45, 2.75) is 17.9 Å². The average molecular weight is 312 g/mol. The zero-order valence-corrected chi connectivity index (χ0v) is 12.5. The summed E-state index contributed by atoms with van der Waals surface area (Å²) in [5.74, 6) is -0.0694. The minimum absolute atomic E-state index is 0.174. The van der Waals surface area contributed by atoms with Gasteiger partial charge in [0.1, 0.15) is 5.75 Å². The van der Waals surface area contributed by atoms with Gasteiger partial charge in [-0.2, -0.15) is 0 Å². The fourth-order valence-corrected chi connectivity index (χ4v) is 2.55. The molecule has 3 amide bonds. The van der Waals surface area contributed by atoms with Crippen LogP contribution in [0.15, 0.2) is 29.2 Å².